The topological polar surface area (TPSA) is 159 Å². The van der Waals surface area contributed by atoms with E-state index in [4.69, 9.17) is 0 Å². The molecule has 0 spiro atoms. The van der Waals surface area contributed by atoms with Crippen molar-refractivity contribution in [3.05, 3.63) is 89.4 Å². The molecule has 6 aromatic heterocycles. The van der Waals surface area contributed by atoms with E-state index >= 15 is 0 Å². The number of aromatic nitrogens is 10. The third-order valence-electron chi connectivity index (χ3n) is 6.27. The number of imidazole rings is 2. The highest BCUT2D eigenvalue weighted by Gasteiger charge is 2.27. The molecule has 2 amide bonds. The molecule has 0 saturated heterocycles. The fraction of sp³-hybridized carbons (Fsp3) is 0.0741. The van der Waals surface area contributed by atoms with Gasteiger partial charge in [0.15, 0.2) is 0 Å². The SMILES string of the molecule is Ic1cnc2cc(-c3cn[nH]n3)ccn12.O=C(NCC(F)(F)F)Nc1cccc(-c2cnc3cc(-c4cn[nH]n4)ccn23)c1. The first-order valence-electron chi connectivity index (χ1n) is 12.8. The third kappa shape index (κ3) is 6.51. The Morgan fingerprint density at radius 3 is 2.09 bits per heavy atom. The molecule has 0 aliphatic rings. The van der Waals surface area contributed by atoms with E-state index in [1.807, 2.05) is 57.7 Å². The number of aromatic amines is 2. The molecule has 13 nitrogen and oxygen atoms in total. The van der Waals surface area contributed by atoms with Crippen LogP contribution < -0.4 is 10.6 Å². The quantitative estimate of drug-likeness (QED) is 0.179. The van der Waals surface area contributed by atoms with Crippen molar-refractivity contribution in [2.45, 2.75) is 6.18 Å². The standard InChI is InChI=1S/C18H14F3N7O.C9H6IN5/c19-18(20,21)10-23-17(29)25-13-3-1-2-12(6-13)15-9-22-16-7-11(4-5-28(15)16)14-8-24-27-26-14;10-8-5-11-9-3-6(1-2-15(8)9)7-4-12-14-13-7/h1-9H,10H2,(H2,23,25,29)(H,24,26,27);1-5H,(H,12,13,14). The second-order valence-corrected chi connectivity index (χ2v) is 10.3. The van der Waals surface area contributed by atoms with E-state index in [0.29, 0.717) is 17.0 Å². The van der Waals surface area contributed by atoms with Crippen LogP contribution in [0.1, 0.15) is 0 Å². The highest BCUT2D eigenvalue weighted by Crippen LogP contribution is 2.26. The maximum Gasteiger partial charge on any atom is 0.405 e. The third-order valence-corrected chi connectivity index (χ3v) is 7.07. The Balaban J connectivity index is 0.000000190. The molecule has 44 heavy (non-hydrogen) atoms. The Hall–Kier alpha value is -5.33. The highest BCUT2D eigenvalue weighted by molar-refractivity contribution is 14.1. The van der Waals surface area contributed by atoms with Gasteiger partial charge in [-0.15, -0.1) is 0 Å². The van der Waals surface area contributed by atoms with Gasteiger partial charge in [-0.3, -0.25) is 8.80 Å². The van der Waals surface area contributed by atoms with Crippen molar-refractivity contribution in [3.63, 3.8) is 0 Å². The molecule has 6 heterocycles. The summed E-state index contributed by atoms with van der Waals surface area (Å²) >= 11 is 2.24. The maximum absolute atomic E-state index is 12.2. The number of alkyl halides is 3. The molecule has 0 saturated carbocycles. The smallest absolute Gasteiger partial charge is 0.329 e. The molecule has 0 fully saturated rings. The van der Waals surface area contributed by atoms with Crippen molar-refractivity contribution >= 4 is 45.6 Å². The summed E-state index contributed by atoms with van der Waals surface area (Å²) in [6.07, 6.45) is 6.15. The van der Waals surface area contributed by atoms with Crippen LogP contribution in [0.4, 0.5) is 23.7 Å². The number of carbonyl (C=O) groups is 1. The van der Waals surface area contributed by atoms with Crippen molar-refractivity contribution in [3.8, 4) is 33.8 Å². The van der Waals surface area contributed by atoms with Gasteiger partial charge in [-0.1, -0.05) is 12.1 Å². The number of nitrogens with zero attached hydrogens (tertiary/aromatic N) is 8. The van der Waals surface area contributed by atoms with Crippen LogP contribution in [0.25, 0.3) is 45.1 Å². The van der Waals surface area contributed by atoms with Crippen molar-refractivity contribution in [2.75, 3.05) is 11.9 Å². The zero-order valence-electron chi connectivity index (χ0n) is 22.3. The second-order valence-electron chi connectivity index (χ2n) is 9.23. The number of halogens is 4. The van der Waals surface area contributed by atoms with Crippen molar-refractivity contribution in [1.82, 2.24) is 54.9 Å². The molecule has 7 rings (SSSR count). The Morgan fingerprint density at radius 2 is 1.45 bits per heavy atom. The van der Waals surface area contributed by atoms with Crippen LogP contribution in [-0.4, -0.2) is 68.3 Å². The number of rotatable bonds is 5. The lowest BCUT2D eigenvalue weighted by atomic mass is 10.1. The molecular formula is C27H20F3IN12O. The van der Waals surface area contributed by atoms with E-state index in [1.165, 1.54) is 0 Å². The van der Waals surface area contributed by atoms with Gasteiger partial charge in [0.2, 0.25) is 0 Å². The number of anilines is 1. The summed E-state index contributed by atoms with van der Waals surface area (Å²) in [5, 5.41) is 24.9. The number of hydrogen-bond donors (Lipinski definition) is 4. The van der Waals surface area contributed by atoms with Gasteiger partial charge in [0.25, 0.3) is 0 Å². The second kappa shape index (κ2) is 12.1. The van der Waals surface area contributed by atoms with Crippen LogP contribution in [-0.2, 0) is 0 Å². The first-order valence-corrected chi connectivity index (χ1v) is 13.9. The number of fused-ring (bicyclic) bond motifs is 2. The lowest BCUT2D eigenvalue weighted by Gasteiger charge is -2.10. The summed E-state index contributed by atoms with van der Waals surface area (Å²) in [5.41, 5.74) is 6.83. The number of H-pyrrole nitrogens is 2. The number of hydrogen-bond acceptors (Lipinski definition) is 7. The van der Waals surface area contributed by atoms with Gasteiger partial charge < -0.3 is 10.6 Å². The molecule has 7 aromatic rings. The Bertz CT molecular complexity index is 2030. The summed E-state index contributed by atoms with van der Waals surface area (Å²) in [6.45, 7) is -1.40. The van der Waals surface area contributed by atoms with Gasteiger partial charge in [0, 0.05) is 34.8 Å². The van der Waals surface area contributed by atoms with Gasteiger partial charge in [-0.05, 0) is 59.0 Å². The fourth-order valence-corrected chi connectivity index (χ4v) is 4.80. The van der Waals surface area contributed by atoms with Gasteiger partial charge in [-0.2, -0.15) is 44.0 Å². The highest BCUT2D eigenvalue weighted by atomic mass is 127. The Kier molecular flexibility index (Phi) is 7.92. The normalized spacial score (nSPS) is 11.4. The summed E-state index contributed by atoms with van der Waals surface area (Å²) in [4.78, 5) is 20.3. The summed E-state index contributed by atoms with van der Waals surface area (Å²) in [5.74, 6) is 0. The minimum Gasteiger partial charge on any atom is -0.329 e. The molecule has 0 atom stereocenters. The van der Waals surface area contributed by atoms with E-state index in [-0.39, 0.29) is 0 Å². The largest absolute Gasteiger partial charge is 0.405 e. The van der Waals surface area contributed by atoms with Crippen molar-refractivity contribution in [1.29, 1.82) is 0 Å². The summed E-state index contributed by atoms with van der Waals surface area (Å²) < 4.78 is 41.6. The fourth-order valence-electron chi connectivity index (χ4n) is 4.26. The van der Waals surface area contributed by atoms with Crippen LogP contribution >= 0.6 is 22.6 Å². The predicted molar refractivity (Wildman–Crippen MR) is 162 cm³/mol. The number of pyridine rings is 2. The molecule has 0 unspecified atom stereocenters. The molecular weight excluding hydrogens is 692 g/mol. The number of urea groups is 1. The van der Waals surface area contributed by atoms with Gasteiger partial charge in [0.05, 0.1) is 30.5 Å². The van der Waals surface area contributed by atoms with E-state index in [0.717, 1.165) is 37.4 Å². The monoisotopic (exact) mass is 712 g/mol. The van der Waals surface area contributed by atoms with E-state index in [1.54, 1.807) is 42.1 Å². The number of carbonyl (C=O) groups excluding carboxylic acids is 1. The zero-order chi connectivity index (χ0) is 30.7. The molecule has 1 aromatic carbocycles. The van der Waals surface area contributed by atoms with E-state index in [9.17, 15) is 18.0 Å². The van der Waals surface area contributed by atoms with E-state index in [2.05, 4.69) is 68.7 Å². The first-order chi connectivity index (χ1) is 21.2. The molecule has 0 aliphatic carbocycles. The molecule has 4 N–H and O–H groups in total. The lowest BCUT2D eigenvalue weighted by molar-refractivity contribution is -0.122. The lowest BCUT2D eigenvalue weighted by Crippen LogP contribution is -2.36. The molecule has 0 radical (unpaired) electrons. The molecule has 0 aliphatic heterocycles. The van der Waals surface area contributed by atoms with Crippen molar-refractivity contribution < 1.29 is 18.0 Å². The average molecular weight is 712 g/mol. The molecule has 17 heteroatoms. The van der Waals surface area contributed by atoms with Crippen LogP contribution in [0.3, 0.4) is 0 Å². The number of amides is 2. The minimum atomic E-state index is -4.47. The first kappa shape index (κ1) is 28.8. The van der Waals surface area contributed by atoms with Gasteiger partial charge in [-0.25, -0.2) is 14.8 Å². The van der Waals surface area contributed by atoms with Crippen LogP contribution in [0.15, 0.2) is 85.7 Å². The van der Waals surface area contributed by atoms with Gasteiger partial charge in [0.1, 0.15) is 32.9 Å². The maximum atomic E-state index is 12.2. The Labute approximate surface area is 259 Å². The number of nitrogens with one attached hydrogen (secondary N) is 4. The number of benzene rings is 1. The average Bonchev–Trinajstić information content (AvgIpc) is 3.83. The van der Waals surface area contributed by atoms with Gasteiger partial charge >= 0.3 is 12.2 Å². The van der Waals surface area contributed by atoms with Crippen LogP contribution in [0.2, 0.25) is 0 Å². The van der Waals surface area contributed by atoms with Crippen LogP contribution in [0.5, 0.6) is 0 Å². The van der Waals surface area contributed by atoms with Crippen molar-refractivity contribution in [2.24, 2.45) is 0 Å². The minimum absolute atomic E-state index is 0.358. The molecule has 222 valence electrons. The van der Waals surface area contributed by atoms with Crippen LogP contribution in [0, 0.1) is 3.70 Å². The summed E-state index contributed by atoms with van der Waals surface area (Å²) in [6, 6.07) is 13.5. The Morgan fingerprint density at radius 1 is 0.818 bits per heavy atom. The zero-order valence-corrected chi connectivity index (χ0v) is 24.4. The van der Waals surface area contributed by atoms with E-state index < -0.39 is 18.8 Å². The predicted octanol–water partition coefficient (Wildman–Crippen LogP) is 5.19. The molecule has 0 bridgehead atoms. The summed E-state index contributed by atoms with van der Waals surface area (Å²) in [7, 11) is 0.